The average Bonchev–Trinajstić information content (AvgIpc) is 2.90. The molecule has 0 aliphatic heterocycles. The molecule has 10 N–H and O–H groups in total. The summed E-state index contributed by atoms with van der Waals surface area (Å²) in [5, 5.41) is 35.7. The summed E-state index contributed by atoms with van der Waals surface area (Å²) in [7, 11) is 0. The summed E-state index contributed by atoms with van der Waals surface area (Å²) in [5.41, 5.74) is 12.4. The number of carbonyl (C=O) groups is 5. The van der Waals surface area contributed by atoms with Gasteiger partial charge in [0.05, 0.1) is 12.6 Å². The van der Waals surface area contributed by atoms with Crippen molar-refractivity contribution in [2.75, 3.05) is 6.61 Å². The van der Waals surface area contributed by atoms with Crippen molar-refractivity contribution in [3.63, 3.8) is 0 Å². The maximum absolute atomic E-state index is 12.9. The molecule has 13 nitrogen and oxygen atoms in total. The van der Waals surface area contributed by atoms with Crippen LogP contribution in [0.25, 0.3) is 0 Å². The third-order valence-electron chi connectivity index (χ3n) is 5.75. The fraction of sp³-hybridized carbons (Fsp3) is 0.346. The number of aliphatic hydroxyl groups is 1. The molecule has 39 heavy (non-hydrogen) atoms. The van der Waals surface area contributed by atoms with Gasteiger partial charge in [-0.3, -0.25) is 19.2 Å². The van der Waals surface area contributed by atoms with E-state index in [0.717, 1.165) is 5.56 Å². The Morgan fingerprint density at radius 3 is 1.85 bits per heavy atom. The standard InChI is InChI=1S/C26H33N5O8/c27-18(12-15-4-2-1-3-5-15)23(35)31-21(14-32)25(37)29-19(10-11-22(28)34)24(36)30-20(26(38)39)13-16-6-8-17(33)9-7-16/h1-9,18-21,32-33H,10-14,27H2,(H2,28,34)(H,29,37)(H,30,36)(H,31,35)(H,38,39). The highest BCUT2D eigenvalue weighted by Gasteiger charge is 2.30. The van der Waals surface area contributed by atoms with Gasteiger partial charge in [0.15, 0.2) is 0 Å². The Labute approximate surface area is 224 Å². The van der Waals surface area contributed by atoms with Crippen LogP contribution in [0.3, 0.4) is 0 Å². The van der Waals surface area contributed by atoms with Crippen molar-refractivity contribution in [3.8, 4) is 5.75 Å². The number of phenols is 1. The van der Waals surface area contributed by atoms with Crippen LogP contribution in [0.5, 0.6) is 5.75 Å². The summed E-state index contributed by atoms with van der Waals surface area (Å²) in [6, 6.07) is 9.29. The molecule has 0 saturated carbocycles. The highest BCUT2D eigenvalue weighted by molar-refractivity contribution is 5.94. The first-order valence-electron chi connectivity index (χ1n) is 12.1. The molecule has 2 aromatic carbocycles. The van der Waals surface area contributed by atoms with E-state index in [4.69, 9.17) is 11.5 Å². The zero-order valence-corrected chi connectivity index (χ0v) is 21.1. The van der Waals surface area contributed by atoms with Gasteiger partial charge in [-0.2, -0.15) is 0 Å². The number of aromatic hydroxyl groups is 1. The second kappa shape index (κ2) is 15.1. The van der Waals surface area contributed by atoms with Crippen LogP contribution in [-0.4, -0.2) is 75.7 Å². The average molecular weight is 544 g/mol. The zero-order chi connectivity index (χ0) is 28.9. The smallest absolute Gasteiger partial charge is 0.326 e. The summed E-state index contributed by atoms with van der Waals surface area (Å²) in [5.74, 6) is -4.72. The molecule has 4 unspecified atom stereocenters. The van der Waals surface area contributed by atoms with Crippen molar-refractivity contribution in [2.45, 2.75) is 49.9 Å². The van der Waals surface area contributed by atoms with Gasteiger partial charge < -0.3 is 42.7 Å². The van der Waals surface area contributed by atoms with E-state index in [1.807, 2.05) is 0 Å². The molecule has 210 valence electrons. The quantitative estimate of drug-likeness (QED) is 0.128. The number of carbonyl (C=O) groups excluding carboxylic acids is 4. The van der Waals surface area contributed by atoms with Crippen LogP contribution in [0.2, 0.25) is 0 Å². The Hall–Kier alpha value is -4.49. The maximum Gasteiger partial charge on any atom is 0.326 e. The summed E-state index contributed by atoms with van der Waals surface area (Å²) in [4.78, 5) is 61.4. The van der Waals surface area contributed by atoms with E-state index in [2.05, 4.69) is 16.0 Å². The van der Waals surface area contributed by atoms with Crippen LogP contribution in [0.15, 0.2) is 54.6 Å². The van der Waals surface area contributed by atoms with E-state index >= 15 is 0 Å². The molecule has 0 aliphatic rings. The molecule has 0 heterocycles. The molecule has 0 aliphatic carbocycles. The van der Waals surface area contributed by atoms with Crippen molar-refractivity contribution in [1.82, 2.24) is 16.0 Å². The maximum atomic E-state index is 12.9. The van der Waals surface area contributed by atoms with Crippen LogP contribution in [0, 0.1) is 0 Å². The molecule has 0 radical (unpaired) electrons. The molecule has 13 heteroatoms. The number of amides is 4. The number of benzene rings is 2. The minimum atomic E-state index is -1.48. The summed E-state index contributed by atoms with van der Waals surface area (Å²) in [6.07, 6.45) is -0.537. The number of carboxylic acids is 1. The zero-order valence-electron chi connectivity index (χ0n) is 21.1. The van der Waals surface area contributed by atoms with Gasteiger partial charge in [0.1, 0.15) is 23.9 Å². The molecule has 0 aromatic heterocycles. The number of aliphatic carboxylic acids is 1. The van der Waals surface area contributed by atoms with Gasteiger partial charge in [-0.1, -0.05) is 42.5 Å². The molecule has 4 atom stereocenters. The minimum absolute atomic E-state index is 0.0181. The van der Waals surface area contributed by atoms with E-state index < -0.39 is 60.4 Å². The molecule has 2 rings (SSSR count). The van der Waals surface area contributed by atoms with Crippen LogP contribution >= 0.6 is 0 Å². The van der Waals surface area contributed by atoms with Gasteiger partial charge in [-0.05, 0) is 36.1 Å². The lowest BCUT2D eigenvalue weighted by atomic mass is 10.0. The number of nitrogens with two attached hydrogens (primary N) is 2. The molecule has 4 amide bonds. The normalized spacial score (nSPS) is 13.8. The lowest BCUT2D eigenvalue weighted by molar-refractivity contribution is -0.142. The summed E-state index contributed by atoms with van der Waals surface area (Å²) in [6.45, 7) is -0.821. The van der Waals surface area contributed by atoms with Crippen LogP contribution in [0.1, 0.15) is 24.0 Å². The summed E-state index contributed by atoms with van der Waals surface area (Å²) >= 11 is 0. The Kier molecular flexibility index (Phi) is 11.9. The third kappa shape index (κ3) is 10.4. The van der Waals surface area contributed by atoms with Gasteiger partial charge in [0.25, 0.3) is 0 Å². The second-order valence-electron chi connectivity index (χ2n) is 8.88. The Balaban J connectivity index is 2.07. The first kappa shape index (κ1) is 30.7. The number of phenolic OH excluding ortho intramolecular Hbond substituents is 1. The molecule has 0 spiro atoms. The van der Waals surface area contributed by atoms with Crippen molar-refractivity contribution < 1.29 is 39.3 Å². The molecular formula is C26H33N5O8. The van der Waals surface area contributed by atoms with Crippen molar-refractivity contribution >= 4 is 29.6 Å². The monoisotopic (exact) mass is 543 g/mol. The number of nitrogens with one attached hydrogen (secondary N) is 3. The Morgan fingerprint density at radius 1 is 0.744 bits per heavy atom. The van der Waals surface area contributed by atoms with E-state index in [0.29, 0.717) is 5.56 Å². The van der Waals surface area contributed by atoms with Crippen LogP contribution < -0.4 is 27.4 Å². The Morgan fingerprint density at radius 2 is 1.28 bits per heavy atom. The highest BCUT2D eigenvalue weighted by Crippen LogP contribution is 2.12. The van der Waals surface area contributed by atoms with Gasteiger partial charge in [-0.25, -0.2) is 4.79 Å². The van der Waals surface area contributed by atoms with E-state index in [-0.39, 0.29) is 31.4 Å². The van der Waals surface area contributed by atoms with Crippen molar-refractivity contribution in [2.24, 2.45) is 11.5 Å². The molecule has 0 bridgehead atoms. The first-order valence-corrected chi connectivity index (χ1v) is 12.1. The highest BCUT2D eigenvalue weighted by atomic mass is 16.4. The van der Waals surface area contributed by atoms with Crippen molar-refractivity contribution in [1.29, 1.82) is 0 Å². The molecule has 2 aromatic rings. The first-order chi connectivity index (χ1) is 18.5. The van der Waals surface area contributed by atoms with Gasteiger partial charge in [0, 0.05) is 12.8 Å². The minimum Gasteiger partial charge on any atom is -0.508 e. The molecule has 0 saturated heterocycles. The number of hydrogen-bond donors (Lipinski definition) is 8. The predicted molar refractivity (Wildman–Crippen MR) is 139 cm³/mol. The van der Waals surface area contributed by atoms with Gasteiger partial charge in [0.2, 0.25) is 23.6 Å². The number of hydrogen-bond acceptors (Lipinski definition) is 8. The lowest BCUT2D eigenvalue weighted by Gasteiger charge is -2.24. The van der Waals surface area contributed by atoms with E-state index in [9.17, 15) is 39.3 Å². The fourth-order valence-corrected chi connectivity index (χ4v) is 3.60. The van der Waals surface area contributed by atoms with Crippen LogP contribution in [0.4, 0.5) is 0 Å². The molecule has 0 fully saturated rings. The predicted octanol–water partition coefficient (Wildman–Crippen LogP) is -1.70. The van der Waals surface area contributed by atoms with Crippen LogP contribution in [-0.2, 0) is 36.8 Å². The Bertz CT molecular complexity index is 1140. The largest absolute Gasteiger partial charge is 0.508 e. The SMILES string of the molecule is NC(=O)CCC(NC(=O)C(CO)NC(=O)C(N)Cc1ccccc1)C(=O)NC(Cc1ccc(O)cc1)C(=O)O. The second-order valence-corrected chi connectivity index (χ2v) is 8.88. The van der Waals surface area contributed by atoms with Crippen molar-refractivity contribution in [3.05, 3.63) is 65.7 Å². The summed E-state index contributed by atoms with van der Waals surface area (Å²) < 4.78 is 0. The number of primary amides is 1. The third-order valence-corrected chi connectivity index (χ3v) is 5.75. The fourth-order valence-electron chi connectivity index (χ4n) is 3.60. The number of aliphatic hydroxyl groups excluding tert-OH is 1. The molecular weight excluding hydrogens is 510 g/mol. The van der Waals surface area contributed by atoms with E-state index in [1.165, 1.54) is 24.3 Å². The number of rotatable bonds is 15. The topological polar surface area (TPSA) is 234 Å². The number of carboxylic acid groups (broad SMARTS) is 1. The van der Waals surface area contributed by atoms with E-state index in [1.54, 1.807) is 30.3 Å². The van der Waals surface area contributed by atoms with Gasteiger partial charge >= 0.3 is 5.97 Å². The van der Waals surface area contributed by atoms with Gasteiger partial charge in [-0.15, -0.1) is 0 Å². The lowest BCUT2D eigenvalue weighted by Crippen LogP contribution is -2.58.